The molecule has 0 aliphatic carbocycles. The smallest absolute Gasteiger partial charge is 0.255 e. The van der Waals surface area contributed by atoms with Crippen LogP contribution in [-0.4, -0.2) is 29.1 Å². The van der Waals surface area contributed by atoms with E-state index in [9.17, 15) is 4.79 Å². The van der Waals surface area contributed by atoms with Crippen LogP contribution < -0.4 is 10.1 Å². The third-order valence-electron chi connectivity index (χ3n) is 5.93. The lowest BCUT2D eigenvalue weighted by Gasteiger charge is -2.11. The number of methoxy groups -OCH3 is 1. The monoisotopic (exact) mass is 435 g/mol. The van der Waals surface area contributed by atoms with Crippen molar-refractivity contribution >= 4 is 16.9 Å². The lowest BCUT2D eigenvalue weighted by Crippen LogP contribution is -2.25. The fourth-order valence-corrected chi connectivity index (χ4v) is 4.17. The van der Waals surface area contributed by atoms with Gasteiger partial charge in [-0.25, -0.2) is 4.98 Å². The van der Waals surface area contributed by atoms with Crippen LogP contribution in [0, 0.1) is 0 Å². The van der Waals surface area contributed by atoms with Crippen molar-refractivity contribution in [2.75, 3.05) is 13.7 Å². The standard InChI is InChI=1S/C27H37N3O2/c1-3-4-5-6-7-8-13-21-30-24-17-11-10-16-23(24)29-26(30)19-14-20-28-27(31)22-15-9-12-18-25(22)32-2/h9-12,15-18H,3-8,13-14,19-21H2,1-2H3,(H,28,31). The van der Waals surface area contributed by atoms with E-state index < -0.39 is 0 Å². The van der Waals surface area contributed by atoms with Crippen molar-refractivity contribution in [3.63, 3.8) is 0 Å². The maximum atomic E-state index is 12.5. The molecule has 0 radical (unpaired) electrons. The molecule has 1 aromatic heterocycles. The minimum atomic E-state index is -0.0981. The van der Waals surface area contributed by atoms with E-state index >= 15 is 0 Å². The number of carbonyl (C=O) groups excluding carboxylic acids is 1. The van der Waals surface area contributed by atoms with Crippen LogP contribution in [0.2, 0.25) is 0 Å². The summed E-state index contributed by atoms with van der Waals surface area (Å²) in [7, 11) is 1.59. The number of hydrogen-bond donors (Lipinski definition) is 1. The number of imidazole rings is 1. The maximum Gasteiger partial charge on any atom is 0.255 e. The third kappa shape index (κ3) is 6.59. The molecule has 0 atom stereocenters. The fraction of sp³-hybridized carbons (Fsp3) is 0.481. The summed E-state index contributed by atoms with van der Waals surface area (Å²) in [4.78, 5) is 17.4. The number of unbranched alkanes of at least 4 members (excludes halogenated alkanes) is 6. The summed E-state index contributed by atoms with van der Waals surface area (Å²) in [5.74, 6) is 1.62. The maximum absolute atomic E-state index is 12.5. The first-order valence-electron chi connectivity index (χ1n) is 12.1. The molecule has 3 rings (SSSR count). The van der Waals surface area contributed by atoms with E-state index in [4.69, 9.17) is 9.72 Å². The predicted molar refractivity (Wildman–Crippen MR) is 131 cm³/mol. The highest BCUT2D eigenvalue weighted by Crippen LogP contribution is 2.19. The van der Waals surface area contributed by atoms with Crippen molar-refractivity contribution in [3.8, 4) is 5.75 Å². The first-order valence-corrected chi connectivity index (χ1v) is 12.1. The van der Waals surface area contributed by atoms with Gasteiger partial charge in [0.1, 0.15) is 11.6 Å². The molecular formula is C27H37N3O2. The van der Waals surface area contributed by atoms with E-state index in [0.717, 1.165) is 30.7 Å². The number of carbonyl (C=O) groups is 1. The number of rotatable bonds is 14. The van der Waals surface area contributed by atoms with Crippen LogP contribution in [0.1, 0.15) is 74.5 Å². The van der Waals surface area contributed by atoms with Gasteiger partial charge in [-0.15, -0.1) is 0 Å². The number of para-hydroxylation sites is 3. The second-order valence-corrected chi connectivity index (χ2v) is 8.35. The number of amides is 1. The quantitative estimate of drug-likeness (QED) is 0.309. The molecule has 2 aromatic carbocycles. The van der Waals surface area contributed by atoms with Crippen molar-refractivity contribution < 1.29 is 9.53 Å². The Hall–Kier alpha value is -2.82. The number of benzene rings is 2. The molecule has 0 unspecified atom stereocenters. The molecule has 32 heavy (non-hydrogen) atoms. The lowest BCUT2D eigenvalue weighted by atomic mass is 10.1. The summed E-state index contributed by atoms with van der Waals surface area (Å²) < 4.78 is 7.67. The van der Waals surface area contributed by atoms with Crippen molar-refractivity contribution in [2.24, 2.45) is 0 Å². The molecule has 0 spiro atoms. The molecule has 5 heteroatoms. The topological polar surface area (TPSA) is 56.2 Å². The molecule has 172 valence electrons. The summed E-state index contributed by atoms with van der Waals surface area (Å²) in [5.41, 5.74) is 2.84. The number of ether oxygens (including phenoxy) is 1. The van der Waals surface area contributed by atoms with Gasteiger partial charge in [0.2, 0.25) is 0 Å². The van der Waals surface area contributed by atoms with Gasteiger partial charge in [-0.1, -0.05) is 69.7 Å². The van der Waals surface area contributed by atoms with E-state index in [1.807, 2.05) is 18.2 Å². The number of aryl methyl sites for hydroxylation is 2. The van der Waals surface area contributed by atoms with E-state index in [1.165, 1.54) is 50.5 Å². The van der Waals surface area contributed by atoms with Crippen molar-refractivity contribution in [1.82, 2.24) is 14.9 Å². The van der Waals surface area contributed by atoms with Gasteiger partial charge in [-0.3, -0.25) is 4.79 Å². The zero-order valence-corrected chi connectivity index (χ0v) is 19.6. The Kier molecular flexibility index (Phi) is 9.60. The van der Waals surface area contributed by atoms with Gasteiger partial charge in [0.05, 0.1) is 23.7 Å². The molecule has 0 aliphatic heterocycles. The van der Waals surface area contributed by atoms with Gasteiger partial charge in [0, 0.05) is 19.5 Å². The van der Waals surface area contributed by atoms with Gasteiger partial charge in [-0.2, -0.15) is 0 Å². The second-order valence-electron chi connectivity index (χ2n) is 8.35. The average molecular weight is 436 g/mol. The molecule has 0 bridgehead atoms. The fourth-order valence-electron chi connectivity index (χ4n) is 4.17. The number of aromatic nitrogens is 2. The molecule has 0 fully saturated rings. The average Bonchev–Trinajstić information content (AvgIpc) is 3.18. The van der Waals surface area contributed by atoms with Gasteiger partial charge in [0.15, 0.2) is 0 Å². The van der Waals surface area contributed by atoms with Crippen LogP contribution in [0.5, 0.6) is 5.75 Å². The molecule has 0 aliphatic rings. The molecule has 0 saturated heterocycles. The Morgan fingerprint density at radius 3 is 2.47 bits per heavy atom. The SMILES string of the molecule is CCCCCCCCCn1c(CCCNC(=O)c2ccccc2OC)nc2ccccc21. The molecule has 3 aromatic rings. The summed E-state index contributed by atoms with van der Waals surface area (Å²) in [5, 5.41) is 3.02. The highest BCUT2D eigenvalue weighted by atomic mass is 16.5. The molecule has 1 amide bonds. The summed E-state index contributed by atoms with van der Waals surface area (Å²) >= 11 is 0. The number of fused-ring (bicyclic) bond motifs is 1. The molecule has 1 heterocycles. The minimum Gasteiger partial charge on any atom is -0.496 e. The highest BCUT2D eigenvalue weighted by molar-refractivity contribution is 5.96. The molecule has 0 saturated carbocycles. The summed E-state index contributed by atoms with van der Waals surface area (Å²) in [6.45, 7) is 3.88. The van der Waals surface area contributed by atoms with Crippen LogP contribution >= 0.6 is 0 Å². The Balaban J connectivity index is 1.52. The normalized spacial score (nSPS) is 11.1. The number of nitrogens with one attached hydrogen (secondary N) is 1. The van der Waals surface area contributed by atoms with Crippen LogP contribution in [0.4, 0.5) is 0 Å². The molecular weight excluding hydrogens is 398 g/mol. The van der Waals surface area contributed by atoms with E-state index in [2.05, 4.69) is 35.0 Å². The zero-order chi connectivity index (χ0) is 22.6. The number of hydrogen-bond acceptors (Lipinski definition) is 3. The predicted octanol–water partition coefficient (Wildman–Crippen LogP) is 6.16. The van der Waals surface area contributed by atoms with Gasteiger partial charge in [-0.05, 0) is 37.1 Å². The van der Waals surface area contributed by atoms with E-state index in [-0.39, 0.29) is 5.91 Å². The van der Waals surface area contributed by atoms with Crippen molar-refractivity contribution in [2.45, 2.75) is 71.3 Å². The summed E-state index contributed by atoms with van der Waals surface area (Å²) in [6, 6.07) is 15.7. The minimum absolute atomic E-state index is 0.0981. The Morgan fingerprint density at radius 2 is 1.66 bits per heavy atom. The van der Waals surface area contributed by atoms with Gasteiger partial charge in [0.25, 0.3) is 5.91 Å². The number of nitrogens with zero attached hydrogens (tertiary/aromatic N) is 2. The van der Waals surface area contributed by atoms with E-state index in [0.29, 0.717) is 17.9 Å². The van der Waals surface area contributed by atoms with Crippen molar-refractivity contribution in [3.05, 3.63) is 59.9 Å². The first kappa shape index (κ1) is 23.8. The zero-order valence-electron chi connectivity index (χ0n) is 19.6. The third-order valence-corrected chi connectivity index (χ3v) is 5.93. The summed E-state index contributed by atoms with van der Waals surface area (Å²) in [6.07, 6.45) is 10.8. The van der Waals surface area contributed by atoms with Crippen molar-refractivity contribution in [1.29, 1.82) is 0 Å². The van der Waals surface area contributed by atoms with Gasteiger partial charge < -0.3 is 14.6 Å². The Labute approximate surface area is 192 Å². The second kappa shape index (κ2) is 12.9. The van der Waals surface area contributed by atoms with Crippen LogP contribution in [-0.2, 0) is 13.0 Å². The van der Waals surface area contributed by atoms with Crippen LogP contribution in [0.3, 0.4) is 0 Å². The van der Waals surface area contributed by atoms with Gasteiger partial charge >= 0.3 is 0 Å². The molecule has 5 nitrogen and oxygen atoms in total. The Bertz CT molecular complexity index is 980. The first-order chi connectivity index (χ1) is 15.7. The lowest BCUT2D eigenvalue weighted by molar-refractivity contribution is 0.0950. The highest BCUT2D eigenvalue weighted by Gasteiger charge is 2.12. The van der Waals surface area contributed by atoms with Crippen LogP contribution in [0.15, 0.2) is 48.5 Å². The molecule has 1 N–H and O–H groups in total. The largest absolute Gasteiger partial charge is 0.496 e. The van der Waals surface area contributed by atoms with E-state index in [1.54, 1.807) is 19.2 Å². The van der Waals surface area contributed by atoms with Crippen LogP contribution in [0.25, 0.3) is 11.0 Å². The Morgan fingerprint density at radius 1 is 0.938 bits per heavy atom.